The summed E-state index contributed by atoms with van der Waals surface area (Å²) < 4.78 is 18.5. The zero-order chi connectivity index (χ0) is 35.6. The summed E-state index contributed by atoms with van der Waals surface area (Å²) in [5, 5.41) is 0. The van der Waals surface area contributed by atoms with Gasteiger partial charge in [-0.1, -0.05) is 164 Å². The molecule has 52 heavy (non-hydrogen) atoms. The smallest absolute Gasteiger partial charge is 0.142 e. The predicted octanol–water partition coefficient (Wildman–Crippen LogP) is 11.4. The molecule has 2 heterocycles. The quantitative estimate of drug-likeness (QED) is 0.144. The summed E-state index contributed by atoms with van der Waals surface area (Å²) in [6.45, 7) is 2.32. The molecule has 4 heteroatoms. The zero-order valence-corrected chi connectivity index (χ0v) is 29.9. The Bertz CT molecular complexity index is 2040. The van der Waals surface area contributed by atoms with E-state index >= 15 is 0 Å². The maximum absolute atomic E-state index is 6.58. The lowest BCUT2D eigenvalue weighted by Crippen LogP contribution is -2.32. The van der Waals surface area contributed by atoms with Crippen molar-refractivity contribution >= 4 is 0 Å². The SMILES string of the molecule is CN(C)CCOc1ccc(C2(c3ccccc3)OCCC2c2ccccc2)cc1.c1ccc(-c2coc(-c3ccccc3)c2-c2ccccc2)cc1. The van der Waals surface area contributed by atoms with Gasteiger partial charge in [-0.15, -0.1) is 0 Å². The van der Waals surface area contributed by atoms with Crippen molar-refractivity contribution in [1.29, 1.82) is 0 Å². The molecule has 7 aromatic rings. The molecule has 8 rings (SSSR count). The third-order valence-electron chi connectivity index (χ3n) is 9.70. The Morgan fingerprint density at radius 2 is 1.12 bits per heavy atom. The summed E-state index contributed by atoms with van der Waals surface area (Å²) in [7, 11) is 4.11. The van der Waals surface area contributed by atoms with Crippen molar-refractivity contribution in [3.63, 3.8) is 0 Å². The molecule has 0 bridgehead atoms. The number of likely N-dealkylation sites (N-methyl/N-ethyl adjacent to an activating group) is 1. The molecule has 1 saturated heterocycles. The van der Waals surface area contributed by atoms with E-state index in [9.17, 15) is 0 Å². The highest BCUT2D eigenvalue weighted by Gasteiger charge is 2.47. The van der Waals surface area contributed by atoms with Gasteiger partial charge >= 0.3 is 0 Å². The molecule has 1 aliphatic heterocycles. The normalized spacial score (nSPS) is 16.6. The Labute approximate surface area is 307 Å². The van der Waals surface area contributed by atoms with Crippen LogP contribution < -0.4 is 4.74 Å². The van der Waals surface area contributed by atoms with Crippen LogP contribution in [0.3, 0.4) is 0 Å². The molecule has 2 unspecified atom stereocenters. The number of rotatable bonds is 10. The molecule has 0 spiro atoms. The van der Waals surface area contributed by atoms with Crippen LogP contribution in [0, 0.1) is 0 Å². The molecule has 1 aliphatic rings. The molecule has 6 aromatic carbocycles. The maximum Gasteiger partial charge on any atom is 0.142 e. The van der Waals surface area contributed by atoms with Gasteiger partial charge in [-0.2, -0.15) is 0 Å². The molecular weight excluding hydrogens is 639 g/mol. The van der Waals surface area contributed by atoms with E-state index in [1.54, 1.807) is 0 Å². The van der Waals surface area contributed by atoms with E-state index in [1.165, 1.54) is 22.3 Å². The summed E-state index contributed by atoms with van der Waals surface area (Å²) in [5.41, 5.74) is 8.90. The van der Waals surface area contributed by atoms with E-state index in [0.717, 1.165) is 53.3 Å². The minimum absolute atomic E-state index is 0.270. The first-order valence-corrected chi connectivity index (χ1v) is 18.0. The standard InChI is InChI=1S/C26H29NO2.C22H16O/c1-27(2)18-20-28-24-15-13-23(14-16-24)26(22-11-7-4-8-12-22)25(17-19-29-26)21-9-5-3-6-10-21;1-4-10-17(11-5-1)20-16-23-22(19-14-8-3-9-15-19)21(20)18-12-6-2-7-13-18/h3-16,25H,17-20H2,1-2H3;1-16H. The molecule has 260 valence electrons. The van der Waals surface area contributed by atoms with Crippen LogP contribution in [0.5, 0.6) is 5.75 Å². The highest BCUT2D eigenvalue weighted by molar-refractivity contribution is 5.92. The fourth-order valence-electron chi connectivity index (χ4n) is 7.18. The Balaban J connectivity index is 0.000000166. The van der Waals surface area contributed by atoms with Crippen LogP contribution in [0.25, 0.3) is 33.6 Å². The van der Waals surface area contributed by atoms with Gasteiger partial charge in [0.15, 0.2) is 0 Å². The lowest BCUT2D eigenvalue weighted by molar-refractivity contribution is 0.0262. The minimum atomic E-state index is -0.481. The van der Waals surface area contributed by atoms with E-state index in [0.29, 0.717) is 6.61 Å². The first-order chi connectivity index (χ1) is 25.6. The number of ether oxygens (including phenoxy) is 2. The highest BCUT2D eigenvalue weighted by Crippen LogP contribution is 2.51. The van der Waals surface area contributed by atoms with Crippen LogP contribution >= 0.6 is 0 Å². The Hall–Kier alpha value is -5.68. The van der Waals surface area contributed by atoms with Gasteiger partial charge in [-0.25, -0.2) is 0 Å². The van der Waals surface area contributed by atoms with Gasteiger partial charge in [-0.3, -0.25) is 0 Å². The first kappa shape index (κ1) is 34.8. The molecule has 0 N–H and O–H groups in total. The van der Waals surface area contributed by atoms with Gasteiger partial charge in [0.1, 0.15) is 23.7 Å². The third kappa shape index (κ3) is 7.64. The van der Waals surface area contributed by atoms with Gasteiger partial charge in [0, 0.05) is 35.8 Å². The van der Waals surface area contributed by atoms with E-state index < -0.39 is 5.60 Å². The number of hydrogen-bond acceptors (Lipinski definition) is 4. The van der Waals surface area contributed by atoms with Crippen molar-refractivity contribution in [1.82, 2.24) is 4.90 Å². The van der Waals surface area contributed by atoms with Crippen LogP contribution in [0.1, 0.15) is 29.0 Å². The molecule has 0 saturated carbocycles. The zero-order valence-electron chi connectivity index (χ0n) is 29.9. The Kier molecular flexibility index (Phi) is 11.1. The molecule has 4 nitrogen and oxygen atoms in total. The highest BCUT2D eigenvalue weighted by atomic mass is 16.5. The average molecular weight is 684 g/mol. The number of nitrogens with zero attached hydrogens (tertiary/aromatic N) is 1. The van der Waals surface area contributed by atoms with Gasteiger partial charge in [0.25, 0.3) is 0 Å². The number of furan rings is 1. The van der Waals surface area contributed by atoms with Crippen molar-refractivity contribution in [3.8, 4) is 39.3 Å². The van der Waals surface area contributed by atoms with E-state index in [1.807, 2.05) is 36.6 Å². The molecular formula is C48H45NO3. The Morgan fingerprint density at radius 3 is 1.71 bits per heavy atom. The molecule has 1 fully saturated rings. The molecule has 0 radical (unpaired) electrons. The van der Waals surface area contributed by atoms with Crippen LogP contribution in [-0.2, 0) is 10.3 Å². The Morgan fingerprint density at radius 1 is 0.596 bits per heavy atom. The monoisotopic (exact) mass is 683 g/mol. The van der Waals surface area contributed by atoms with Crippen molar-refractivity contribution in [3.05, 3.63) is 199 Å². The van der Waals surface area contributed by atoms with E-state index in [4.69, 9.17) is 13.9 Å². The van der Waals surface area contributed by atoms with Crippen molar-refractivity contribution in [2.24, 2.45) is 0 Å². The van der Waals surface area contributed by atoms with E-state index in [-0.39, 0.29) is 5.92 Å². The van der Waals surface area contributed by atoms with Crippen LogP contribution in [0.15, 0.2) is 187 Å². The van der Waals surface area contributed by atoms with Gasteiger partial charge < -0.3 is 18.8 Å². The average Bonchev–Trinajstić information content (AvgIpc) is 3.87. The predicted molar refractivity (Wildman–Crippen MR) is 212 cm³/mol. The largest absolute Gasteiger partial charge is 0.492 e. The second-order valence-corrected chi connectivity index (χ2v) is 13.3. The van der Waals surface area contributed by atoms with Crippen molar-refractivity contribution in [2.45, 2.75) is 17.9 Å². The molecule has 0 amide bonds. The van der Waals surface area contributed by atoms with Crippen LogP contribution in [0.2, 0.25) is 0 Å². The maximum atomic E-state index is 6.58. The fraction of sp³-hybridized carbons (Fsp3) is 0.167. The lowest BCUT2D eigenvalue weighted by Gasteiger charge is -2.36. The van der Waals surface area contributed by atoms with E-state index in [2.05, 4.69) is 165 Å². The van der Waals surface area contributed by atoms with Gasteiger partial charge in [0.05, 0.1) is 6.26 Å². The summed E-state index contributed by atoms with van der Waals surface area (Å²) >= 11 is 0. The summed E-state index contributed by atoms with van der Waals surface area (Å²) in [6, 6.07) is 60.9. The summed E-state index contributed by atoms with van der Waals surface area (Å²) in [5.74, 6) is 2.08. The van der Waals surface area contributed by atoms with Crippen LogP contribution in [0.4, 0.5) is 0 Å². The number of benzene rings is 6. The fourth-order valence-corrected chi connectivity index (χ4v) is 7.18. The van der Waals surface area contributed by atoms with Crippen LogP contribution in [-0.4, -0.2) is 38.8 Å². The van der Waals surface area contributed by atoms with Crippen molar-refractivity contribution < 1.29 is 13.9 Å². The van der Waals surface area contributed by atoms with Gasteiger partial charge in [-0.05, 0) is 60.5 Å². The summed E-state index contributed by atoms with van der Waals surface area (Å²) in [6.07, 6.45) is 2.86. The molecule has 0 aliphatic carbocycles. The first-order valence-electron chi connectivity index (χ1n) is 18.0. The minimum Gasteiger partial charge on any atom is -0.492 e. The topological polar surface area (TPSA) is 34.8 Å². The third-order valence-corrected chi connectivity index (χ3v) is 9.70. The number of hydrogen-bond donors (Lipinski definition) is 0. The van der Waals surface area contributed by atoms with Gasteiger partial charge in [0.2, 0.25) is 0 Å². The summed E-state index contributed by atoms with van der Waals surface area (Å²) in [4.78, 5) is 2.12. The molecule has 1 aromatic heterocycles. The molecule has 2 atom stereocenters. The second-order valence-electron chi connectivity index (χ2n) is 13.3. The lowest BCUT2D eigenvalue weighted by atomic mass is 9.73. The van der Waals surface area contributed by atoms with Crippen molar-refractivity contribution in [2.75, 3.05) is 33.9 Å². The second kappa shape index (κ2) is 16.6.